The number of carbonyl (C=O) groups excluding carboxylic acids is 1. The summed E-state index contributed by atoms with van der Waals surface area (Å²) in [7, 11) is 1.65. The zero-order chi connectivity index (χ0) is 15.0. The van der Waals surface area contributed by atoms with Crippen LogP contribution < -0.4 is 4.74 Å². The number of aromatic nitrogens is 1. The van der Waals surface area contributed by atoms with E-state index >= 15 is 0 Å². The van der Waals surface area contributed by atoms with Crippen molar-refractivity contribution in [2.75, 3.05) is 7.11 Å². The summed E-state index contributed by atoms with van der Waals surface area (Å²) in [5.41, 5.74) is 5.93. The number of fused-ring (bicyclic) bond motifs is 1. The van der Waals surface area contributed by atoms with E-state index in [2.05, 4.69) is 12.1 Å². The molecule has 2 aromatic heterocycles. The van der Waals surface area contributed by atoms with Crippen LogP contribution in [0.15, 0.2) is 42.6 Å². The Hall–Kier alpha value is -2.55. The fourth-order valence-corrected chi connectivity index (χ4v) is 2.70. The van der Waals surface area contributed by atoms with Crippen molar-refractivity contribution in [3.63, 3.8) is 0 Å². The molecule has 0 unspecified atom stereocenters. The molecule has 2 heterocycles. The van der Waals surface area contributed by atoms with Crippen molar-refractivity contribution >= 4 is 11.8 Å². The van der Waals surface area contributed by atoms with Gasteiger partial charge in [0.25, 0.3) is 0 Å². The summed E-state index contributed by atoms with van der Waals surface area (Å²) in [6, 6.07) is 12.0. The van der Waals surface area contributed by atoms with Gasteiger partial charge in [0.15, 0.2) is 6.29 Å². The van der Waals surface area contributed by atoms with Crippen LogP contribution in [-0.2, 0) is 0 Å². The summed E-state index contributed by atoms with van der Waals surface area (Å²) in [5.74, 6) is 0.823. The first-order chi connectivity index (χ1) is 10.1. The fourth-order valence-electron chi connectivity index (χ4n) is 2.70. The first kappa shape index (κ1) is 13.4. The second kappa shape index (κ2) is 5.09. The van der Waals surface area contributed by atoms with Gasteiger partial charge in [-0.2, -0.15) is 0 Å². The van der Waals surface area contributed by atoms with Gasteiger partial charge in [-0.25, -0.2) is 0 Å². The third-order valence-corrected chi connectivity index (χ3v) is 3.79. The molecule has 3 rings (SSSR count). The molecule has 0 aliphatic rings. The van der Waals surface area contributed by atoms with Gasteiger partial charge >= 0.3 is 0 Å². The topological polar surface area (TPSA) is 30.7 Å². The van der Waals surface area contributed by atoms with Crippen LogP contribution in [0.2, 0.25) is 0 Å². The molecule has 3 nitrogen and oxygen atoms in total. The number of methoxy groups -OCH3 is 1. The maximum atomic E-state index is 11.6. The van der Waals surface area contributed by atoms with E-state index in [1.54, 1.807) is 7.11 Å². The Morgan fingerprint density at radius 2 is 1.86 bits per heavy atom. The molecule has 0 amide bonds. The largest absolute Gasteiger partial charge is 0.497 e. The summed E-state index contributed by atoms with van der Waals surface area (Å²) in [6.07, 6.45) is 2.91. The van der Waals surface area contributed by atoms with Gasteiger partial charge in [0.1, 0.15) is 5.75 Å². The van der Waals surface area contributed by atoms with E-state index in [0.29, 0.717) is 5.69 Å². The molecule has 0 spiro atoms. The van der Waals surface area contributed by atoms with Crippen LogP contribution in [0, 0.1) is 13.8 Å². The predicted octanol–water partition coefficient (Wildman–Crippen LogP) is 4.04. The molecule has 3 aromatic rings. The molecular formula is C18H17NO2. The van der Waals surface area contributed by atoms with Gasteiger partial charge < -0.3 is 9.14 Å². The highest BCUT2D eigenvalue weighted by Crippen LogP contribution is 2.31. The highest BCUT2D eigenvalue weighted by Gasteiger charge is 2.13. The molecule has 0 saturated heterocycles. The minimum Gasteiger partial charge on any atom is -0.497 e. The molecule has 1 aromatic carbocycles. The molecule has 0 atom stereocenters. The maximum absolute atomic E-state index is 11.6. The number of benzene rings is 1. The summed E-state index contributed by atoms with van der Waals surface area (Å²) >= 11 is 0. The number of carbonyl (C=O) groups is 1. The lowest BCUT2D eigenvalue weighted by Crippen LogP contribution is -1.94. The monoisotopic (exact) mass is 279 g/mol. The number of aldehydes is 1. The smallest absolute Gasteiger partial charge is 0.167 e. The van der Waals surface area contributed by atoms with Gasteiger partial charge in [0, 0.05) is 17.3 Å². The number of rotatable bonds is 3. The lowest BCUT2D eigenvalue weighted by molar-refractivity contribution is 0.111. The molecule has 106 valence electrons. The summed E-state index contributed by atoms with van der Waals surface area (Å²) in [5, 5.41) is 0. The van der Waals surface area contributed by atoms with E-state index in [9.17, 15) is 4.79 Å². The number of nitrogens with zero attached hydrogens (tertiary/aromatic N) is 1. The van der Waals surface area contributed by atoms with Crippen LogP contribution in [0.25, 0.3) is 16.6 Å². The molecule has 3 heteroatoms. The van der Waals surface area contributed by atoms with Gasteiger partial charge in [-0.15, -0.1) is 0 Å². The van der Waals surface area contributed by atoms with Crippen LogP contribution in [0.4, 0.5) is 0 Å². The van der Waals surface area contributed by atoms with E-state index in [0.717, 1.165) is 39.8 Å². The Morgan fingerprint density at radius 1 is 1.05 bits per heavy atom. The van der Waals surface area contributed by atoms with E-state index < -0.39 is 0 Å². The normalized spacial score (nSPS) is 10.8. The van der Waals surface area contributed by atoms with Gasteiger partial charge in [0.05, 0.1) is 12.8 Å². The molecular weight excluding hydrogens is 262 g/mol. The Balaban J connectivity index is 2.27. The third-order valence-electron chi connectivity index (χ3n) is 3.79. The Labute approximate surface area is 123 Å². The Kier molecular flexibility index (Phi) is 3.26. The van der Waals surface area contributed by atoms with Crippen molar-refractivity contribution in [1.29, 1.82) is 0 Å². The van der Waals surface area contributed by atoms with E-state index in [4.69, 9.17) is 4.74 Å². The van der Waals surface area contributed by atoms with Gasteiger partial charge in [0.2, 0.25) is 0 Å². The maximum Gasteiger partial charge on any atom is 0.167 e. The van der Waals surface area contributed by atoms with Crippen LogP contribution >= 0.6 is 0 Å². The highest BCUT2D eigenvalue weighted by molar-refractivity contribution is 5.90. The lowest BCUT2D eigenvalue weighted by atomic mass is 10.0. The van der Waals surface area contributed by atoms with Crippen molar-refractivity contribution in [3.05, 3.63) is 59.4 Å². The first-order valence-electron chi connectivity index (χ1n) is 6.86. The van der Waals surface area contributed by atoms with Crippen LogP contribution in [0.5, 0.6) is 5.75 Å². The molecule has 0 aliphatic carbocycles. The molecule has 0 N–H and O–H groups in total. The number of hydrogen-bond donors (Lipinski definition) is 0. The van der Waals surface area contributed by atoms with E-state index in [1.165, 1.54) is 0 Å². The second-order valence-electron chi connectivity index (χ2n) is 5.24. The zero-order valence-electron chi connectivity index (χ0n) is 12.4. The van der Waals surface area contributed by atoms with Crippen LogP contribution in [-0.4, -0.2) is 17.8 Å². The number of pyridine rings is 1. The fraction of sp³-hybridized carbons (Fsp3) is 0.167. The van der Waals surface area contributed by atoms with Gasteiger partial charge in [-0.05, 0) is 54.8 Å². The van der Waals surface area contributed by atoms with Gasteiger partial charge in [-0.1, -0.05) is 12.1 Å². The second-order valence-corrected chi connectivity index (χ2v) is 5.24. The minimum absolute atomic E-state index is 0.682. The molecule has 0 bridgehead atoms. The Bertz CT molecular complexity index is 831. The summed E-state index contributed by atoms with van der Waals surface area (Å²) in [4.78, 5) is 11.6. The SMILES string of the molecule is COc1ccc(-c2cc3ccc(C)cn3c2C=O)c(C)c1. The average Bonchev–Trinajstić information content (AvgIpc) is 2.84. The van der Waals surface area contributed by atoms with Crippen molar-refractivity contribution in [1.82, 2.24) is 4.40 Å². The molecule has 0 aliphatic heterocycles. The van der Waals surface area contributed by atoms with E-state index in [1.807, 2.05) is 48.7 Å². The first-order valence-corrected chi connectivity index (χ1v) is 6.86. The molecule has 21 heavy (non-hydrogen) atoms. The zero-order valence-corrected chi connectivity index (χ0v) is 12.4. The molecule has 0 fully saturated rings. The standard InChI is InChI=1S/C18H17NO2/c1-12-4-5-14-9-17(18(11-20)19(14)10-12)16-7-6-15(21-3)8-13(16)2/h4-11H,1-3H3. The minimum atomic E-state index is 0.682. The summed E-state index contributed by atoms with van der Waals surface area (Å²) in [6.45, 7) is 4.05. The number of hydrogen-bond acceptors (Lipinski definition) is 2. The van der Waals surface area contributed by atoms with Crippen molar-refractivity contribution in [3.8, 4) is 16.9 Å². The van der Waals surface area contributed by atoms with E-state index in [-0.39, 0.29) is 0 Å². The third kappa shape index (κ3) is 2.21. The molecule has 0 radical (unpaired) electrons. The summed E-state index contributed by atoms with van der Waals surface area (Å²) < 4.78 is 7.19. The van der Waals surface area contributed by atoms with Crippen LogP contribution in [0.1, 0.15) is 21.6 Å². The van der Waals surface area contributed by atoms with Crippen LogP contribution in [0.3, 0.4) is 0 Å². The molecule has 0 saturated carbocycles. The highest BCUT2D eigenvalue weighted by atomic mass is 16.5. The quantitative estimate of drug-likeness (QED) is 0.677. The van der Waals surface area contributed by atoms with Crippen molar-refractivity contribution in [2.45, 2.75) is 13.8 Å². The van der Waals surface area contributed by atoms with Gasteiger partial charge in [-0.3, -0.25) is 4.79 Å². The number of ether oxygens (including phenoxy) is 1. The number of aryl methyl sites for hydroxylation is 2. The average molecular weight is 279 g/mol. The van der Waals surface area contributed by atoms with Crippen molar-refractivity contribution in [2.24, 2.45) is 0 Å². The predicted molar refractivity (Wildman–Crippen MR) is 84.2 cm³/mol. The van der Waals surface area contributed by atoms with Crippen molar-refractivity contribution < 1.29 is 9.53 Å². The Morgan fingerprint density at radius 3 is 2.52 bits per heavy atom. The lowest BCUT2D eigenvalue weighted by Gasteiger charge is -2.07.